The summed E-state index contributed by atoms with van der Waals surface area (Å²) in [6.07, 6.45) is 1.08. The highest BCUT2D eigenvalue weighted by atomic mass is 32.1. The van der Waals surface area contributed by atoms with Gasteiger partial charge in [0.15, 0.2) is 0 Å². The largest absolute Gasteiger partial charge is 0.398 e. The van der Waals surface area contributed by atoms with E-state index in [1.165, 1.54) is 15.0 Å². The van der Waals surface area contributed by atoms with Gasteiger partial charge in [0.2, 0.25) is 0 Å². The first-order valence-electron chi connectivity index (χ1n) is 4.21. The van der Waals surface area contributed by atoms with Crippen LogP contribution in [-0.4, -0.2) is 0 Å². The summed E-state index contributed by atoms with van der Waals surface area (Å²) in [7, 11) is 0. The molecule has 0 atom stereocenters. The topological polar surface area (TPSA) is 26.0 Å². The highest BCUT2D eigenvalue weighted by Crippen LogP contribution is 2.31. The van der Waals surface area contributed by atoms with Crippen LogP contribution in [0.1, 0.15) is 11.8 Å². The number of hydrogen-bond acceptors (Lipinski definition) is 3. The molecular formula is C10H11NS2. The van der Waals surface area contributed by atoms with Gasteiger partial charge < -0.3 is 5.73 Å². The average molecular weight is 209 g/mol. The molecule has 0 radical (unpaired) electrons. The van der Waals surface area contributed by atoms with Gasteiger partial charge in [0.1, 0.15) is 0 Å². The Labute approximate surface area is 87.0 Å². The number of rotatable bonds is 1. The molecule has 0 saturated carbocycles. The Morgan fingerprint density at radius 2 is 2.15 bits per heavy atom. The van der Waals surface area contributed by atoms with Crippen molar-refractivity contribution in [1.29, 1.82) is 0 Å². The predicted molar refractivity (Wildman–Crippen MR) is 62.9 cm³/mol. The van der Waals surface area contributed by atoms with Crippen molar-refractivity contribution in [3.05, 3.63) is 23.1 Å². The number of anilines is 1. The van der Waals surface area contributed by atoms with E-state index < -0.39 is 0 Å². The maximum absolute atomic E-state index is 5.76. The third kappa shape index (κ3) is 1.54. The van der Waals surface area contributed by atoms with E-state index in [0.29, 0.717) is 0 Å². The van der Waals surface area contributed by atoms with Crippen molar-refractivity contribution in [2.24, 2.45) is 0 Å². The molecule has 2 rings (SSSR count). The minimum absolute atomic E-state index is 0.760. The van der Waals surface area contributed by atoms with E-state index in [0.717, 1.165) is 17.0 Å². The first-order chi connectivity index (χ1) is 6.20. The lowest BCUT2D eigenvalue weighted by Gasteiger charge is -1.97. The lowest BCUT2D eigenvalue weighted by Crippen LogP contribution is -1.84. The number of thiol groups is 1. The average Bonchev–Trinajstić information content (AvgIpc) is 2.48. The van der Waals surface area contributed by atoms with Crippen LogP contribution in [0.2, 0.25) is 0 Å². The van der Waals surface area contributed by atoms with Crippen LogP contribution < -0.4 is 5.73 Å². The van der Waals surface area contributed by atoms with Gasteiger partial charge in [0.05, 0.1) is 0 Å². The fourth-order valence-electron chi connectivity index (χ4n) is 1.32. The number of hydrogen-bond donors (Lipinski definition) is 2. The van der Waals surface area contributed by atoms with E-state index in [1.807, 2.05) is 23.5 Å². The molecule has 0 bridgehead atoms. The molecule has 1 nitrogen and oxygen atoms in total. The van der Waals surface area contributed by atoms with Crippen molar-refractivity contribution in [2.75, 3.05) is 5.73 Å². The van der Waals surface area contributed by atoms with Gasteiger partial charge in [-0.25, -0.2) is 0 Å². The molecule has 0 amide bonds. The highest BCUT2D eigenvalue weighted by molar-refractivity contribution is 7.80. The summed E-state index contributed by atoms with van der Waals surface area (Å²) in [5.74, 6) is 0. The Morgan fingerprint density at radius 3 is 2.85 bits per heavy atom. The van der Waals surface area contributed by atoms with E-state index in [9.17, 15) is 0 Å². The van der Waals surface area contributed by atoms with Gasteiger partial charge in [-0.3, -0.25) is 0 Å². The molecule has 1 heterocycles. The van der Waals surface area contributed by atoms with Crippen molar-refractivity contribution < 1.29 is 0 Å². The molecule has 3 heteroatoms. The van der Waals surface area contributed by atoms with Gasteiger partial charge in [-0.1, -0.05) is 6.92 Å². The molecule has 68 valence electrons. The Morgan fingerprint density at radius 1 is 1.38 bits per heavy atom. The van der Waals surface area contributed by atoms with Crippen LogP contribution in [0.25, 0.3) is 10.1 Å². The quantitative estimate of drug-likeness (QED) is 0.547. The lowest BCUT2D eigenvalue weighted by molar-refractivity contribution is 1.19. The molecule has 0 saturated heterocycles. The van der Waals surface area contributed by atoms with Crippen molar-refractivity contribution in [3.8, 4) is 0 Å². The zero-order chi connectivity index (χ0) is 9.42. The molecule has 13 heavy (non-hydrogen) atoms. The Hall–Kier alpha value is -0.670. The first-order valence-corrected chi connectivity index (χ1v) is 5.48. The second kappa shape index (κ2) is 3.24. The van der Waals surface area contributed by atoms with E-state index >= 15 is 0 Å². The van der Waals surface area contributed by atoms with Gasteiger partial charge in [0.25, 0.3) is 0 Å². The SMILES string of the molecule is CCc1cc2cc(N)c(S)cc2s1. The molecule has 1 aromatic carbocycles. The fraction of sp³-hybridized carbons (Fsp3) is 0.200. The monoisotopic (exact) mass is 209 g/mol. The Balaban J connectivity index is 2.70. The van der Waals surface area contributed by atoms with Crippen molar-refractivity contribution in [2.45, 2.75) is 18.2 Å². The second-order valence-electron chi connectivity index (χ2n) is 3.02. The summed E-state index contributed by atoms with van der Waals surface area (Å²) in [6.45, 7) is 2.16. The molecule has 2 N–H and O–H groups in total. The summed E-state index contributed by atoms with van der Waals surface area (Å²) in [6, 6.07) is 6.23. The summed E-state index contributed by atoms with van der Waals surface area (Å²) >= 11 is 6.11. The number of benzene rings is 1. The first kappa shape index (κ1) is 8.91. The van der Waals surface area contributed by atoms with Gasteiger partial charge in [-0.2, -0.15) is 0 Å². The molecule has 1 aromatic heterocycles. The third-order valence-electron chi connectivity index (χ3n) is 2.07. The van der Waals surface area contributed by atoms with Crippen LogP contribution in [-0.2, 0) is 6.42 Å². The number of nitrogens with two attached hydrogens (primary N) is 1. The zero-order valence-corrected chi connectivity index (χ0v) is 9.08. The number of fused-ring (bicyclic) bond motifs is 1. The molecule has 0 unspecified atom stereocenters. The van der Waals surface area contributed by atoms with Crippen LogP contribution in [0.3, 0.4) is 0 Å². The normalized spacial score (nSPS) is 10.9. The summed E-state index contributed by atoms with van der Waals surface area (Å²) < 4.78 is 1.27. The summed E-state index contributed by atoms with van der Waals surface area (Å²) in [4.78, 5) is 2.27. The van der Waals surface area contributed by atoms with E-state index in [4.69, 9.17) is 5.73 Å². The van der Waals surface area contributed by atoms with Crippen molar-refractivity contribution in [1.82, 2.24) is 0 Å². The molecule has 0 aliphatic rings. The minimum Gasteiger partial charge on any atom is -0.398 e. The standard InChI is InChI=1S/C10H11NS2/c1-2-7-3-6-4-8(11)9(12)5-10(6)13-7/h3-5,12H,2,11H2,1H3. The smallest absolute Gasteiger partial charge is 0.0456 e. The summed E-state index contributed by atoms with van der Waals surface area (Å²) in [5, 5.41) is 1.23. The second-order valence-corrected chi connectivity index (χ2v) is 4.67. The van der Waals surface area contributed by atoms with Gasteiger partial charge in [0, 0.05) is 20.2 Å². The van der Waals surface area contributed by atoms with E-state index in [2.05, 4.69) is 25.6 Å². The van der Waals surface area contributed by atoms with Crippen LogP contribution in [0.5, 0.6) is 0 Å². The molecule has 0 spiro atoms. The van der Waals surface area contributed by atoms with Gasteiger partial charge in [-0.05, 0) is 30.0 Å². The molecular weight excluding hydrogens is 198 g/mol. The van der Waals surface area contributed by atoms with E-state index in [-0.39, 0.29) is 0 Å². The molecule has 0 aliphatic heterocycles. The van der Waals surface area contributed by atoms with Crippen molar-refractivity contribution >= 4 is 39.7 Å². The molecule has 0 aliphatic carbocycles. The minimum atomic E-state index is 0.760. The highest BCUT2D eigenvalue weighted by Gasteiger charge is 2.02. The summed E-state index contributed by atoms with van der Waals surface area (Å²) in [5.41, 5.74) is 6.53. The van der Waals surface area contributed by atoms with Gasteiger partial charge >= 0.3 is 0 Å². The maximum atomic E-state index is 5.76. The van der Waals surface area contributed by atoms with Crippen LogP contribution in [0.4, 0.5) is 5.69 Å². The molecule has 0 fully saturated rings. The molecule has 2 aromatic rings. The maximum Gasteiger partial charge on any atom is 0.0456 e. The third-order valence-corrected chi connectivity index (χ3v) is 3.69. The lowest BCUT2D eigenvalue weighted by atomic mass is 10.2. The predicted octanol–water partition coefficient (Wildman–Crippen LogP) is 3.33. The van der Waals surface area contributed by atoms with E-state index in [1.54, 1.807) is 0 Å². The Kier molecular flexibility index (Phi) is 2.22. The fourth-order valence-corrected chi connectivity index (χ4v) is 2.63. The number of thiophene rings is 1. The van der Waals surface area contributed by atoms with Crippen LogP contribution in [0.15, 0.2) is 23.1 Å². The number of aryl methyl sites for hydroxylation is 1. The zero-order valence-electron chi connectivity index (χ0n) is 7.37. The van der Waals surface area contributed by atoms with Gasteiger partial charge in [-0.15, -0.1) is 24.0 Å². The van der Waals surface area contributed by atoms with Crippen molar-refractivity contribution in [3.63, 3.8) is 0 Å². The number of nitrogen functional groups attached to an aromatic ring is 1. The Bertz CT molecular complexity index is 406. The van der Waals surface area contributed by atoms with Crippen LogP contribution >= 0.6 is 24.0 Å². The van der Waals surface area contributed by atoms with Crippen LogP contribution in [0, 0.1) is 0 Å².